The molecule has 0 aromatic carbocycles. The Morgan fingerprint density at radius 1 is 1.25 bits per heavy atom. The van der Waals surface area contributed by atoms with Gasteiger partial charge in [-0.15, -0.1) is 0 Å². The molecule has 0 aliphatic carbocycles. The number of rotatable bonds is 0. The Labute approximate surface area is 37.9 Å². The van der Waals surface area contributed by atoms with Crippen LogP contribution in [0.25, 0.3) is 5.32 Å². The second kappa shape index (κ2) is 1.84. The van der Waals surface area contributed by atoms with Crippen molar-refractivity contribution in [3.05, 3.63) is 5.32 Å². The number of hydrogen-bond donors (Lipinski definition) is 0. The summed E-state index contributed by atoms with van der Waals surface area (Å²) in [7, 11) is 0. The SMILES string of the molecule is C1C[N-]1.[Li+]. The molecule has 0 aromatic rings. The van der Waals surface area contributed by atoms with E-state index in [1.54, 1.807) is 0 Å². The molecular weight excluding hydrogens is 45.0 g/mol. The molecule has 1 fully saturated rings. The Bertz CT molecular complexity index is 10.8. The molecule has 4 heavy (non-hydrogen) atoms. The van der Waals surface area contributed by atoms with Crippen molar-refractivity contribution in [2.75, 3.05) is 13.1 Å². The van der Waals surface area contributed by atoms with Crippen molar-refractivity contribution in [2.45, 2.75) is 0 Å². The van der Waals surface area contributed by atoms with Crippen LogP contribution >= 0.6 is 0 Å². The van der Waals surface area contributed by atoms with Gasteiger partial charge in [0.05, 0.1) is 0 Å². The minimum absolute atomic E-state index is 0. The molecule has 18 valence electrons. The quantitative estimate of drug-likeness (QED) is 0.210. The predicted molar refractivity (Wildman–Crippen MR) is 13.1 cm³/mol. The van der Waals surface area contributed by atoms with Crippen LogP contribution in [0.5, 0.6) is 0 Å². The fourth-order valence-corrected chi connectivity index (χ4v) is 0. The molecule has 0 spiro atoms. The molecule has 1 rings (SSSR count). The van der Waals surface area contributed by atoms with Crippen LogP contribution in [0.15, 0.2) is 0 Å². The first-order valence-corrected chi connectivity index (χ1v) is 1.13. The Morgan fingerprint density at radius 3 is 1.50 bits per heavy atom. The van der Waals surface area contributed by atoms with Gasteiger partial charge in [0.1, 0.15) is 0 Å². The van der Waals surface area contributed by atoms with Gasteiger partial charge in [-0.05, 0) is 0 Å². The third-order valence-corrected chi connectivity index (χ3v) is 0.224. The fraction of sp³-hybridized carbons (Fsp3) is 1.00. The first-order valence-electron chi connectivity index (χ1n) is 1.13. The van der Waals surface area contributed by atoms with Gasteiger partial charge in [0.25, 0.3) is 0 Å². The topological polar surface area (TPSA) is 14.1 Å². The minimum Gasteiger partial charge on any atom is -0.665 e. The zero-order valence-corrected chi connectivity index (χ0v) is 2.86. The van der Waals surface area contributed by atoms with E-state index in [9.17, 15) is 0 Å². The Hall–Kier alpha value is 0.557. The van der Waals surface area contributed by atoms with Crippen molar-refractivity contribution in [2.24, 2.45) is 0 Å². The maximum Gasteiger partial charge on any atom is 1.00 e. The van der Waals surface area contributed by atoms with Gasteiger partial charge in [0.15, 0.2) is 0 Å². The van der Waals surface area contributed by atoms with Crippen LogP contribution in [0.4, 0.5) is 0 Å². The summed E-state index contributed by atoms with van der Waals surface area (Å²) in [5.74, 6) is 0. The molecule has 1 aliphatic rings. The van der Waals surface area contributed by atoms with Gasteiger partial charge in [-0.25, -0.2) is 0 Å². The zero-order valence-electron chi connectivity index (χ0n) is 2.86. The first kappa shape index (κ1) is 4.56. The summed E-state index contributed by atoms with van der Waals surface area (Å²) in [6.07, 6.45) is 0. The van der Waals surface area contributed by atoms with Crippen LogP contribution in [0.3, 0.4) is 0 Å². The van der Waals surface area contributed by atoms with Crippen LogP contribution in [0.1, 0.15) is 0 Å². The largest absolute Gasteiger partial charge is 1.00 e. The van der Waals surface area contributed by atoms with Crippen LogP contribution in [-0.4, -0.2) is 13.1 Å². The molecule has 0 radical (unpaired) electrons. The molecule has 1 saturated heterocycles. The minimum atomic E-state index is 0. The summed E-state index contributed by atoms with van der Waals surface area (Å²) in [4.78, 5) is 0. The number of hydrogen-bond acceptors (Lipinski definition) is 0. The summed E-state index contributed by atoms with van der Waals surface area (Å²) in [6.45, 7) is 2.25. The Balaban J connectivity index is 0.0000000900. The van der Waals surface area contributed by atoms with Gasteiger partial charge in [-0.2, -0.15) is 13.1 Å². The smallest absolute Gasteiger partial charge is 0.665 e. The molecule has 0 N–H and O–H groups in total. The van der Waals surface area contributed by atoms with Gasteiger partial charge in [0, 0.05) is 0 Å². The third-order valence-electron chi connectivity index (χ3n) is 0.224. The molecule has 1 aliphatic heterocycles. The van der Waals surface area contributed by atoms with Gasteiger partial charge in [0.2, 0.25) is 0 Å². The van der Waals surface area contributed by atoms with Crippen molar-refractivity contribution in [3.8, 4) is 0 Å². The van der Waals surface area contributed by atoms with Gasteiger partial charge in [-0.3, -0.25) is 0 Å². The molecule has 0 aromatic heterocycles. The Kier molecular flexibility index (Phi) is 2.09. The van der Waals surface area contributed by atoms with E-state index in [1.165, 1.54) is 0 Å². The second-order valence-electron chi connectivity index (χ2n) is 0.671. The van der Waals surface area contributed by atoms with Gasteiger partial charge >= 0.3 is 18.9 Å². The zero-order chi connectivity index (χ0) is 2.12. The van der Waals surface area contributed by atoms with E-state index in [0.717, 1.165) is 13.1 Å². The molecule has 0 atom stereocenters. The van der Waals surface area contributed by atoms with Crippen LogP contribution < -0.4 is 18.9 Å². The van der Waals surface area contributed by atoms with Crippen molar-refractivity contribution < 1.29 is 18.9 Å². The van der Waals surface area contributed by atoms with Crippen LogP contribution in [-0.2, 0) is 0 Å². The van der Waals surface area contributed by atoms with Crippen LogP contribution in [0, 0.1) is 0 Å². The van der Waals surface area contributed by atoms with E-state index in [1.807, 2.05) is 0 Å². The summed E-state index contributed by atoms with van der Waals surface area (Å²) >= 11 is 0. The van der Waals surface area contributed by atoms with Gasteiger partial charge < -0.3 is 5.32 Å². The van der Waals surface area contributed by atoms with Crippen molar-refractivity contribution in [3.63, 3.8) is 0 Å². The first-order chi connectivity index (χ1) is 1.50. The summed E-state index contributed by atoms with van der Waals surface area (Å²) in [5.41, 5.74) is 0. The number of nitrogens with zero attached hydrogens (tertiary/aromatic N) is 1. The van der Waals surface area contributed by atoms with E-state index in [2.05, 4.69) is 5.32 Å². The average molecular weight is 49.0 g/mol. The maximum absolute atomic E-state index is 3.75. The van der Waals surface area contributed by atoms with E-state index in [4.69, 9.17) is 0 Å². The fourth-order valence-electron chi connectivity index (χ4n) is 0. The monoisotopic (exact) mass is 49.1 g/mol. The summed E-state index contributed by atoms with van der Waals surface area (Å²) in [6, 6.07) is 0. The molecule has 0 unspecified atom stereocenters. The Morgan fingerprint density at radius 2 is 1.50 bits per heavy atom. The summed E-state index contributed by atoms with van der Waals surface area (Å²) in [5, 5.41) is 3.75. The van der Waals surface area contributed by atoms with E-state index in [0.29, 0.717) is 0 Å². The summed E-state index contributed by atoms with van der Waals surface area (Å²) < 4.78 is 0. The average Bonchev–Trinajstić information content (AvgIpc) is 1.46. The molecule has 0 bridgehead atoms. The van der Waals surface area contributed by atoms with Crippen LogP contribution in [0.2, 0.25) is 0 Å². The van der Waals surface area contributed by atoms with Crippen molar-refractivity contribution in [1.29, 1.82) is 0 Å². The third kappa shape index (κ3) is 2.56. The second-order valence-corrected chi connectivity index (χ2v) is 0.671. The molecule has 1 nitrogen and oxygen atoms in total. The molecular formula is C2H4LiN. The van der Waals surface area contributed by atoms with E-state index >= 15 is 0 Å². The van der Waals surface area contributed by atoms with E-state index < -0.39 is 0 Å². The van der Waals surface area contributed by atoms with E-state index in [-0.39, 0.29) is 18.9 Å². The van der Waals surface area contributed by atoms with Crippen molar-refractivity contribution >= 4 is 0 Å². The standard InChI is InChI=1S/C2H4N.Li/c1-2-3-1;/h1-2H2;/q-1;+1. The van der Waals surface area contributed by atoms with Gasteiger partial charge in [-0.1, -0.05) is 0 Å². The maximum atomic E-state index is 3.75. The predicted octanol–water partition coefficient (Wildman–Crippen LogP) is -2.62. The molecule has 2 heteroatoms. The normalized spacial score (nSPS) is 18.0. The molecule has 0 amide bonds. The molecule has 0 saturated carbocycles. The molecule has 1 heterocycles. The van der Waals surface area contributed by atoms with Crippen molar-refractivity contribution in [1.82, 2.24) is 0 Å².